The van der Waals surface area contributed by atoms with Crippen LogP contribution in [0.15, 0.2) is 16.5 Å². The molecule has 2 aromatic rings. The number of aromatic nitrogens is 1. The number of benzene rings is 1. The van der Waals surface area contributed by atoms with E-state index in [-0.39, 0.29) is 11.9 Å². The summed E-state index contributed by atoms with van der Waals surface area (Å²) in [4.78, 5) is 16.2. The molecule has 0 radical (unpaired) electrons. The van der Waals surface area contributed by atoms with Gasteiger partial charge in [0.1, 0.15) is 5.52 Å². The average Bonchev–Trinajstić information content (AvgIpc) is 2.75. The zero-order chi connectivity index (χ0) is 13.4. The van der Waals surface area contributed by atoms with Gasteiger partial charge in [-0.2, -0.15) is 0 Å². The van der Waals surface area contributed by atoms with Gasteiger partial charge in [-0.15, -0.1) is 0 Å². The van der Waals surface area contributed by atoms with Crippen LogP contribution in [0, 0.1) is 13.8 Å². The number of carbonyl (C=O) groups excluding carboxylic acids is 1. The predicted molar refractivity (Wildman–Crippen MR) is 72.0 cm³/mol. The maximum atomic E-state index is 11.7. The molecule has 1 atom stereocenters. The van der Waals surface area contributed by atoms with Crippen molar-refractivity contribution in [1.82, 2.24) is 15.6 Å². The van der Waals surface area contributed by atoms with Crippen molar-refractivity contribution < 1.29 is 9.21 Å². The minimum Gasteiger partial charge on any atom is -0.440 e. The van der Waals surface area contributed by atoms with Crippen molar-refractivity contribution in [3.63, 3.8) is 0 Å². The lowest BCUT2D eigenvalue weighted by Crippen LogP contribution is -2.53. The fraction of sp³-hybridized carbons (Fsp3) is 0.429. The first-order valence-corrected chi connectivity index (χ1v) is 6.51. The third kappa shape index (κ3) is 2.33. The highest BCUT2D eigenvalue weighted by molar-refractivity contribution is 5.83. The molecule has 0 bridgehead atoms. The summed E-state index contributed by atoms with van der Waals surface area (Å²) in [6, 6.07) is 3.83. The second-order valence-corrected chi connectivity index (χ2v) is 5.04. The van der Waals surface area contributed by atoms with E-state index in [9.17, 15) is 4.79 Å². The first-order valence-electron chi connectivity index (χ1n) is 6.51. The summed E-state index contributed by atoms with van der Waals surface area (Å²) in [5.74, 6) is 0.625. The molecule has 5 heteroatoms. The quantitative estimate of drug-likeness (QED) is 0.846. The van der Waals surface area contributed by atoms with Crippen LogP contribution < -0.4 is 10.6 Å². The fourth-order valence-corrected chi connectivity index (χ4v) is 2.50. The Bertz CT molecular complexity index is 633. The van der Waals surface area contributed by atoms with Gasteiger partial charge >= 0.3 is 0 Å². The number of amides is 1. The van der Waals surface area contributed by atoms with E-state index in [2.05, 4.69) is 21.7 Å². The van der Waals surface area contributed by atoms with Gasteiger partial charge in [-0.3, -0.25) is 4.79 Å². The normalized spacial score (nSPS) is 19.7. The van der Waals surface area contributed by atoms with Gasteiger partial charge in [0, 0.05) is 19.5 Å². The second kappa shape index (κ2) is 4.66. The summed E-state index contributed by atoms with van der Waals surface area (Å²) in [6.45, 7) is 5.52. The molecule has 1 unspecified atom stereocenters. The summed E-state index contributed by atoms with van der Waals surface area (Å²) in [6.07, 6.45) is 0.485. The van der Waals surface area contributed by atoms with Crippen molar-refractivity contribution in [3.05, 3.63) is 29.2 Å². The molecular weight excluding hydrogens is 242 g/mol. The summed E-state index contributed by atoms with van der Waals surface area (Å²) < 4.78 is 5.77. The van der Waals surface area contributed by atoms with Gasteiger partial charge in [-0.1, -0.05) is 6.07 Å². The largest absolute Gasteiger partial charge is 0.440 e. The first-order chi connectivity index (χ1) is 9.13. The van der Waals surface area contributed by atoms with Crippen molar-refractivity contribution in [2.45, 2.75) is 26.3 Å². The van der Waals surface area contributed by atoms with Crippen molar-refractivity contribution in [3.8, 4) is 0 Å². The zero-order valence-corrected chi connectivity index (χ0v) is 11.1. The lowest BCUT2D eigenvalue weighted by Gasteiger charge is -2.22. The summed E-state index contributed by atoms with van der Waals surface area (Å²) in [5.41, 5.74) is 3.92. The maximum absolute atomic E-state index is 11.7. The topological polar surface area (TPSA) is 67.2 Å². The molecule has 1 aromatic carbocycles. The molecule has 2 heterocycles. The molecule has 1 saturated heterocycles. The van der Waals surface area contributed by atoms with Gasteiger partial charge in [0.05, 0.1) is 6.04 Å². The number of fused-ring (bicyclic) bond motifs is 1. The molecule has 100 valence electrons. The lowest BCUT2D eigenvalue weighted by atomic mass is 10.1. The SMILES string of the molecule is Cc1cc(C)c2oc(CC3NCCNC3=O)nc2c1. The van der Waals surface area contributed by atoms with E-state index in [0.717, 1.165) is 23.2 Å². The Morgan fingerprint density at radius 2 is 2.21 bits per heavy atom. The molecule has 1 aromatic heterocycles. The van der Waals surface area contributed by atoms with Gasteiger partial charge in [-0.05, 0) is 31.0 Å². The summed E-state index contributed by atoms with van der Waals surface area (Å²) >= 11 is 0. The van der Waals surface area contributed by atoms with E-state index >= 15 is 0 Å². The third-order valence-corrected chi connectivity index (χ3v) is 3.37. The number of carbonyl (C=O) groups is 1. The van der Waals surface area contributed by atoms with Crippen molar-refractivity contribution >= 4 is 17.0 Å². The Hall–Kier alpha value is -1.88. The van der Waals surface area contributed by atoms with E-state index < -0.39 is 0 Å². The zero-order valence-electron chi connectivity index (χ0n) is 11.1. The number of nitrogens with zero attached hydrogens (tertiary/aromatic N) is 1. The van der Waals surface area contributed by atoms with Crippen LogP contribution in [0.1, 0.15) is 17.0 Å². The van der Waals surface area contributed by atoms with E-state index in [1.54, 1.807) is 0 Å². The highest BCUT2D eigenvalue weighted by Gasteiger charge is 2.24. The third-order valence-electron chi connectivity index (χ3n) is 3.37. The van der Waals surface area contributed by atoms with Crippen LogP contribution in [0.4, 0.5) is 0 Å². The smallest absolute Gasteiger partial charge is 0.237 e. The van der Waals surface area contributed by atoms with E-state index in [0.29, 0.717) is 18.9 Å². The monoisotopic (exact) mass is 259 g/mol. The standard InChI is InChI=1S/C14H17N3O2/c1-8-5-9(2)13-10(6-8)17-12(19-13)7-11-14(18)16-4-3-15-11/h5-6,11,15H,3-4,7H2,1-2H3,(H,16,18). The molecule has 1 aliphatic rings. The number of rotatable bonds is 2. The lowest BCUT2D eigenvalue weighted by molar-refractivity contribution is -0.124. The Balaban J connectivity index is 1.89. The van der Waals surface area contributed by atoms with Crippen LogP contribution in [-0.4, -0.2) is 30.0 Å². The van der Waals surface area contributed by atoms with E-state index in [1.165, 1.54) is 5.56 Å². The van der Waals surface area contributed by atoms with Crippen LogP contribution in [-0.2, 0) is 11.2 Å². The number of oxazole rings is 1. The molecule has 2 N–H and O–H groups in total. The molecule has 5 nitrogen and oxygen atoms in total. The highest BCUT2D eigenvalue weighted by Crippen LogP contribution is 2.22. The predicted octanol–water partition coefficient (Wildman–Crippen LogP) is 1.08. The van der Waals surface area contributed by atoms with Crippen molar-refractivity contribution in [1.29, 1.82) is 0 Å². The van der Waals surface area contributed by atoms with Crippen LogP contribution in [0.2, 0.25) is 0 Å². The highest BCUT2D eigenvalue weighted by atomic mass is 16.3. The number of aryl methyl sites for hydroxylation is 2. The Morgan fingerprint density at radius 1 is 1.37 bits per heavy atom. The summed E-state index contributed by atoms with van der Waals surface area (Å²) in [5, 5.41) is 6.01. The molecule has 1 fully saturated rings. The second-order valence-electron chi connectivity index (χ2n) is 5.04. The first kappa shape index (κ1) is 12.2. The van der Waals surface area contributed by atoms with Crippen LogP contribution in [0.3, 0.4) is 0 Å². The molecule has 1 amide bonds. The van der Waals surface area contributed by atoms with Gasteiger partial charge in [-0.25, -0.2) is 4.98 Å². The van der Waals surface area contributed by atoms with E-state index in [1.807, 2.05) is 19.9 Å². The number of nitrogens with one attached hydrogen (secondary N) is 2. The molecule has 0 aliphatic carbocycles. The molecular formula is C14H17N3O2. The minimum absolute atomic E-state index is 0.0152. The van der Waals surface area contributed by atoms with Gasteiger partial charge in [0.25, 0.3) is 0 Å². The number of piperazine rings is 1. The molecule has 1 aliphatic heterocycles. The Kier molecular flexibility index (Phi) is 2.98. The number of hydrogen-bond donors (Lipinski definition) is 2. The number of hydrogen-bond acceptors (Lipinski definition) is 4. The minimum atomic E-state index is -0.247. The summed E-state index contributed by atoms with van der Waals surface area (Å²) in [7, 11) is 0. The van der Waals surface area contributed by atoms with Crippen LogP contribution in [0.25, 0.3) is 11.1 Å². The van der Waals surface area contributed by atoms with Gasteiger partial charge in [0.2, 0.25) is 5.91 Å². The van der Waals surface area contributed by atoms with Crippen molar-refractivity contribution in [2.24, 2.45) is 0 Å². The van der Waals surface area contributed by atoms with Crippen molar-refractivity contribution in [2.75, 3.05) is 13.1 Å². The van der Waals surface area contributed by atoms with Gasteiger partial charge < -0.3 is 15.1 Å². The molecule has 0 saturated carbocycles. The van der Waals surface area contributed by atoms with E-state index in [4.69, 9.17) is 4.42 Å². The average molecular weight is 259 g/mol. The molecule has 19 heavy (non-hydrogen) atoms. The molecule has 0 spiro atoms. The van der Waals surface area contributed by atoms with Crippen LogP contribution >= 0.6 is 0 Å². The Labute approximate surface area is 111 Å². The Morgan fingerprint density at radius 3 is 3.00 bits per heavy atom. The van der Waals surface area contributed by atoms with Crippen LogP contribution in [0.5, 0.6) is 0 Å². The molecule has 3 rings (SSSR count). The maximum Gasteiger partial charge on any atom is 0.237 e. The van der Waals surface area contributed by atoms with Gasteiger partial charge in [0.15, 0.2) is 11.5 Å². The fourth-order valence-electron chi connectivity index (χ4n) is 2.50.